The van der Waals surface area contributed by atoms with Gasteiger partial charge in [-0.15, -0.1) is 0 Å². The minimum Gasteiger partial charge on any atom is -0.301 e. The summed E-state index contributed by atoms with van der Waals surface area (Å²) in [5, 5.41) is 0.706. The van der Waals surface area contributed by atoms with E-state index in [-0.39, 0.29) is 5.56 Å². The first kappa shape index (κ1) is 13.6. The van der Waals surface area contributed by atoms with Gasteiger partial charge in [0, 0.05) is 6.54 Å². The third kappa shape index (κ3) is 3.36. The smallest absolute Gasteiger partial charge is 0.256 e. The Morgan fingerprint density at radius 2 is 1.94 bits per heavy atom. The van der Waals surface area contributed by atoms with Crippen molar-refractivity contribution >= 4 is 11.8 Å². The largest absolute Gasteiger partial charge is 0.301 e. The first-order valence-corrected chi connectivity index (χ1v) is 7.79. The predicted octanol–water partition coefficient (Wildman–Crippen LogP) is 2.18. The van der Waals surface area contributed by atoms with Gasteiger partial charge in [0.05, 0.1) is 11.3 Å². The SMILES string of the molecule is CSc1nc(C)c(CN2CCCCCC2)c(=O)[nH]1. The van der Waals surface area contributed by atoms with Gasteiger partial charge in [0.1, 0.15) is 0 Å². The number of likely N-dealkylation sites (tertiary alicyclic amines) is 1. The highest BCUT2D eigenvalue weighted by Crippen LogP contribution is 2.14. The van der Waals surface area contributed by atoms with Gasteiger partial charge in [-0.05, 0) is 39.1 Å². The molecule has 0 unspecified atom stereocenters. The highest BCUT2D eigenvalue weighted by atomic mass is 32.2. The highest BCUT2D eigenvalue weighted by Gasteiger charge is 2.14. The Hall–Kier alpha value is -0.810. The van der Waals surface area contributed by atoms with Crippen LogP contribution in [-0.2, 0) is 6.54 Å². The maximum Gasteiger partial charge on any atom is 0.256 e. The van der Waals surface area contributed by atoms with Crippen molar-refractivity contribution in [2.24, 2.45) is 0 Å². The van der Waals surface area contributed by atoms with Gasteiger partial charge in [-0.2, -0.15) is 0 Å². The molecule has 0 saturated carbocycles. The van der Waals surface area contributed by atoms with Crippen molar-refractivity contribution in [2.75, 3.05) is 19.3 Å². The van der Waals surface area contributed by atoms with E-state index < -0.39 is 0 Å². The molecule has 1 aliphatic rings. The van der Waals surface area contributed by atoms with Gasteiger partial charge in [0.25, 0.3) is 5.56 Å². The van der Waals surface area contributed by atoms with Crippen LogP contribution in [0.1, 0.15) is 36.9 Å². The van der Waals surface area contributed by atoms with E-state index >= 15 is 0 Å². The van der Waals surface area contributed by atoms with Crippen molar-refractivity contribution in [1.29, 1.82) is 0 Å². The average Bonchev–Trinajstić information content (AvgIpc) is 2.62. The monoisotopic (exact) mass is 267 g/mol. The number of H-pyrrole nitrogens is 1. The number of aromatic nitrogens is 2. The second-order valence-electron chi connectivity index (χ2n) is 4.83. The number of nitrogens with one attached hydrogen (secondary N) is 1. The van der Waals surface area contributed by atoms with Crippen LogP contribution in [0.5, 0.6) is 0 Å². The Labute approximate surface area is 112 Å². The second-order valence-corrected chi connectivity index (χ2v) is 5.62. The molecule has 0 aromatic carbocycles. The molecule has 1 saturated heterocycles. The van der Waals surface area contributed by atoms with E-state index in [4.69, 9.17) is 0 Å². The molecule has 18 heavy (non-hydrogen) atoms. The first-order valence-electron chi connectivity index (χ1n) is 6.57. The summed E-state index contributed by atoms with van der Waals surface area (Å²) in [7, 11) is 0. The van der Waals surface area contributed by atoms with Crippen molar-refractivity contribution in [1.82, 2.24) is 14.9 Å². The number of rotatable bonds is 3. The first-order chi connectivity index (χ1) is 8.70. The molecule has 0 bridgehead atoms. The highest BCUT2D eigenvalue weighted by molar-refractivity contribution is 7.98. The normalized spacial score (nSPS) is 17.7. The van der Waals surface area contributed by atoms with Gasteiger partial charge in [0.15, 0.2) is 5.16 Å². The molecule has 2 rings (SSSR count). The maximum absolute atomic E-state index is 12.0. The molecule has 1 aliphatic heterocycles. The van der Waals surface area contributed by atoms with Gasteiger partial charge < -0.3 is 4.98 Å². The fourth-order valence-electron chi connectivity index (χ4n) is 2.39. The fraction of sp³-hybridized carbons (Fsp3) is 0.692. The molecule has 0 atom stereocenters. The van der Waals surface area contributed by atoms with E-state index in [0.717, 1.165) is 30.9 Å². The quantitative estimate of drug-likeness (QED) is 0.673. The predicted molar refractivity (Wildman–Crippen MR) is 75.1 cm³/mol. The lowest BCUT2D eigenvalue weighted by Gasteiger charge is -2.20. The van der Waals surface area contributed by atoms with Gasteiger partial charge in [-0.1, -0.05) is 24.6 Å². The van der Waals surface area contributed by atoms with E-state index in [9.17, 15) is 4.79 Å². The molecule has 0 spiro atoms. The van der Waals surface area contributed by atoms with Crippen LogP contribution >= 0.6 is 11.8 Å². The molecule has 1 fully saturated rings. The molecule has 5 heteroatoms. The molecule has 0 aliphatic carbocycles. The zero-order valence-electron chi connectivity index (χ0n) is 11.2. The zero-order valence-corrected chi connectivity index (χ0v) is 12.0. The molecular weight excluding hydrogens is 246 g/mol. The Bertz CT molecular complexity index is 450. The van der Waals surface area contributed by atoms with E-state index in [1.165, 1.54) is 37.4 Å². The van der Waals surface area contributed by atoms with Crippen molar-refractivity contribution < 1.29 is 0 Å². The number of nitrogens with zero attached hydrogens (tertiary/aromatic N) is 2. The lowest BCUT2D eigenvalue weighted by atomic mass is 10.2. The Morgan fingerprint density at radius 3 is 2.50 bits per heavy atom. The van der Waals surface area contributed by atoms with E-state index in [0.29, 0.717) is 5.16 Å². The number of aromatic amines is 1. The van der Waals surface area contributed by atoms with E-state index in [1.807, 2.05) is 13.2 Å². The van der Waals surface area contributed by atoms with Crippen LogP contribution in [0.3, 0.4) is 0 Å². The summed E-state index contributed by atoms with van der Waals surface area (Å²) in [6.45, 7) is 4.87. The van der Waals surface area contributed by atoms with Crippen LogP contribution in [0.2, 0.25) is 0 Å². The van der Waals surface area contributed by atoms with Gasteiger partial charge >= 0.3 is 0 Å². The molecule has 4 nitrogen and oxygen atoms in total. The van der Waals surface area contributed by atoms with E-state index in [1.54, 1.807) is 0 Å². The second kappa shape index (κ2) is 6.38. The van der Waals surface area contributed by atoms with Crippen LogP contribution in [0.4, 0.5) is 0 Å². The molecule has 0 radical (unpaired) electrons. The number of aryl methyl sites for hydroxylation is 1. The van der Waals surface area contributed by atoms with Gasteiger partial charge in [0.2, 0.25) is 0 Å². The summed E-state index contributed by atoms with van der Waals surface area (Å²) in [5.41, 5.74) is 1.72. The third-order valence-electron chi connectivity index (χ3n) is 3.47. The number of hydrogen-bond acceptors (Lipinski definition) is 4. The topological polar surface area (TPSA) is 49.0 Å². The lowest BCUT2D eigenvalue weighted by molar-refractivity contribution is 0.274. The van der Waals surface area contributed by atoms with Crippen LogP contribution in [0.15, 0.2) is 9.95 Å². The number of thioether (sulfide) groups is 1. The summed E-state index contributed by atoms with van der Waals surface area (Å²) < 4.78 is 0. The van der Waals surface area contributed by atoms with Gasteiger partial charge in [-0.25, -0.2) is 4.98 Å². The minimum absolute atomic E-state index is 0.0242. The Morgan fingerprint density at radius 1 is 1.28 bits per heavy atom. The van der Waals surface area contributed by atoms with E-state index in [2.05, 4.69) is 14.9 Å². The molecule has 100 valence electrons. The molecule has 1 N–H and O–H groups in total. The van der Waals surface area contributed by atoms with Crippen LogP contribution in [0, 0.1) is 6.92 Å². The maximum atomic E-state index is 12.0. The summed E-state index contributed by atoms with van der Waals surface area (Å²) >= 11 is 1.47. The van der Waals surface area contributed by atoms with Crippen LogP contribution in [0.25, 0.3) is 0 Å². The number of hydrogen-bond donors (Lipinski definition) is 1. The summed E-state index contributed by atoms with van der Waals surface area (Å²) in [4.78, 5) is 21.7. The Kier molecular flexibility index (Phi) is 4.83. The summed E-state index contributed by atoms with van der Waals surface area (Å²) in [5.74, 6) is 0. The fourth-order valence-corrected chi connectivity index (χ4v) is 2.81. The molecule has 2 heterocycles. The summed E-state index contributed by atoms with van der Waals surface area (Å²) in [6, 6.07) is 0. The zero-order chi connectivity index (χ0) is 13.0. The lowest BCUT2D eigenvalue weighted by Crippen LogP contribution is -2.29. The molecule has 0 amide bonds. The Balaban J connectivity index is 2.15. The third-order valence-corrected chi connectivity index (χ3v) is 4.05. The van der Waals surface area contributed by atoms with Crippen molar-refractivity contribution in [3.63, 3.8) is 0 Å². The molecule has 1 aromatic heterocycles. The average molecular weight is 267 g/mol. The van der Waals surface area contributed by atoms with Crippen LogP contribution in [-0.4, -0.2) is 34.2 Å². The summed E-state index contributed by atoms with van der Waals surface area (Å²) in [6.07, 6.45) is 7.04. The molecular formula is C13H21N3OS. The molecule has 1 aromatic rings. The van der Waals surface area contributed by atoms with Gasteiger partial charge in [-0.3, -0.25) is 9.69 Å². The van der Waals surface area contributed by atoms with Crippen molar-refractivity contribution in [3.05, 3.63) is 21.6 Å². The minimum atomic E-state index is 0.0242. The van der Waals surface area contributed by atoms with Crippen molar-refractivity contribution in [3.8, 4) is 0 Å². The van der Waals surface area contributed by atoms with Crippen LogP contribution < -0.4 is 5.56 Å². The standard InChI is InChI=1S/C13H21N3OS/c1-10-11(12(17)15-13(14-10)18-2)9-16-7-5-3-4-6-8-16/h3-9H2,1-2H3,(H,14,15,17). The van der Waals surface area contributed by atoms with Crippen molar-refractivity contribution in [2.45, 2.75) is 44.3 Å².